The Bertz CT molecular complexity index is 594. The lowest BCUT2D eigenvalue weighted by atomic mass is 10.0. The molecule has 1 aromatic rings. The van der Waals surface area contributed by atoms with Crippen molar-refractivity contribution in [1.29, 1.82) is 0 Å². The van der Waals surface area contributed by atoms with Crippen molar-refractivity contribution >= 4 is 23.2 Å². The normalized spacial score (nSPS) is 14.5. The van der Waals surface area contributed by atoms with Gasteiger partial charge in [0.15, 0.2) is 0 Å². The molecule has 0 aliphatic carbocycles. The molecule has 0 spiro atoms. The summed E-state index contributed by atoms with van der Waals surface area (Å²) in [6.07, 6.45) is 0.610. The van der Waals surface area contributed by atoms with E-state index in [1.807, 2.05) is 18.2 Å². The second-order valence-corrected chi connectivity index (χ2v) is 5.16. The third kappa shape index (κ3) is 3.59. The van der Waals surface area contributed by atoms with Gasteiger partial charge < -0.3 is 10.1 Å². The van der Waals surface area contributed by atoms with E-state index in [-0.39, 0.29) is 18.2 Å². The van der Waals surface area contributed by atoms with Crippen molar-refractivity contribution in [3.8, 4) is 5.75 Å². The lowest BCUT2D eigenvalue weighted by Crippen LogP contribution is -2.32. The number of nitrogens with zero attached hydrogens (tertiary/aromatic N) is 1. The minimum absolute atomic E-state index is 0.175. The highest BCUT2D eigenvalue weighted by atomic mass is 16.5. The van der Waals surface area contributed by atoms with Crippen LogP contribution in [-0.2, 0) is 9.59 Å². The van der Waals surface area contributed by atoms with E-state index in [1.54, 1.807) is 7.11 Å². The molecule has 1 aliphatic heterocycles. The van der Waals surface area contributed by atoms with Crippen LogP contribution in [0.5, 0.6) is 5.75 Å². The first kappa shape index (κ1) is 15.0. The highest BCUT2D eigenvalue weighted by Crippen LogP contribution is 2.28. The molecule has 1 heterocycles. The van der Waals surface area contributed by atoms with Gasteiger partial charge in [0.1, 0.15) is 11.5 Å². The van der Waals surface area contributed by atoms with Gasteiger partial charge in [-0.1, -0.05) is 19.9 Å². The van der Waals surface area contributed by atoms with Gasteiger partial charge in [-0.25, -0.2) is 5.43 Å². The fourth-order valence-electron chi connectivity index (χ4n) is 2.01. The van der Waals surface area contributed by atoms with Crippen LogP contribution in [-0.4, -0.2) is 24.6 Å². The number of amides is 2. The van der Waals surface area contributed by atoms with Crippen LogP contribution in [0.15, 0.2) is 23.3 Å². The number of hydrazone groups is 1. The molecule has 0 saturated heterocycles. The van der Waals surface area contributed by atoms with Crippen LogP contribution in [0, 0.1) is 0 Å². The maximum Gasteiger partial charge on any atom is 0.271 e. The van der Waals surface area contributed by atoms with Crippen molar-refractivity contribution in [1.82, 2.24) is 5.43 Å². The average molecular weight is 289 g/mol. The van der Waals surface area contributed by atoms with Crippen LogP contribution >= 0.6 is 0 Å². The van der Waals surface area contributed by atoms with Gasteiger partial charge in [0.2, 0.25) is 5.91 Å². The molecule has 0 aromatic heterocycles. The van der Waals surface area contributed by atoms with E-state index in [0.29, 0.717) is 29.5 Å². The number of nitrogens with one attached hydrogen (secondary N) is 2. The smallest absolute Gasteiger partial charge is 0.271 e. The summed E-state index contributed by atoms with van der Waals surface area (Å²) in [5.41, 5.74) is 4.33. The molecule has 6 nitrogen and oxygen atoms in total. The number of anilines is 1. The first-order chi connectivity index (χ1) is 10.0. The Hall–Kier alpha value is -2.37. The predicted molar refractivity (Wildman–Crippen MR) is 80.5 cm³/mol. The van der Waals surface area contributed by atoms with E-state index >= 15 is 0 Å². The largest absolute Gasteiger partial charge is 0.495 e. The number of hydrogen-bond acceptors (Lipinski definition) is 4. The predicted octanol–water partition coefficient (Wildman–Crippen LogP) is 2.02. The molecule has 0 unspecified atom stereocenters. The Kier molecular flexibility index (Phi) is 4.57. The zero-order chi connectivity index (χ0) is 15.4. The monoisotopic (exact) mass is 289 g/mol. The molecule has 0 saturated carbocycles. The number of carbonyl (C=O) groups excluding carboxylic acids is 2. The van der Waals surface area contributed by atoms with Crippen molar-refractivity contribution in [3.63, 3.8) is 0 Å². The SMILES string of the molecule is COc1ccc(C(C)C)cc1NC(=O)C1=NNC(=O)CC1. The second kappa shape index (κ2) is 6.39. The van der Waals surface area contributed by atoms with Crippen LogP contribution in [0.3, 0.4) is 0 Å². The molecule has 1 aromatic carbocycles. The van der Waals surface area contributed by atoms with E-state index in [2.05, 4.69) is 29.7 Å². The fourth-order valence-corrected chi connectivity index (χ4v) is 2.01. The highest BCUT2D eigenvalue weighted by molar-refractivity contribution is 6.43. The standard InChI is InChI=1S/C15H19N3O3/c1-9(2)10-4-6-13(21-3)12(8-10)16-15(20)11-5-7-14(19)18-17-11/h4,6,8-9H,5,7H2,1-3H3,(H,16,20)(H,18,19). The van der Waals surface area contributed by atoms with E-state index in [0.717, 1.165) is 5.56 Å². The minimum Gasteiger partial charge on any atom is -0.495 e. The first-order valence-electron chi connectivity index (χ1n) is 6.86. The van der Waals surface area contributed by atoms with Gasteiger partial charge in [-0.3, -0.25) is 9.59 Å². The van der Waals surface area contributed by atoms with Crippen LogP contribution in [0.25, 0.3) is 0 Å². The van der Waals surface area contributed by atoms with Crippen molar-refractivity contribution in [2.24, 2.45) is 5.10 Å². The maximum absolute atomic E-state index is 12.2. The third-order valence-electron chi connectivity index (χ3n) is 3.30. The van der Waals surface area contributed by atoms with E-state index < -0.39 is 0 Å². The summed E-state index contributed by atoms with van der Waals surface area (Å²) in [7, 11) is 1.55. The lowest BCUT2D eigenvalue weighted by Gasteiger charge is -2.15. The van der Waals surface area contributed by atoms with Gasteiger partial charge in [0.25, 0.3) is 5.91 Å². The van der Waals surface area contributed by atoms with Gasteiger partial charge in [0, 0.05) is 12.8 Å². The summed E-state index contributed by atoms with van der Waals surface area (Å²) in [6.45, 7) is 4.16. The fraction of sp³-hybridized carbons (Fsp3) is 0.400. The summed E-state index contributed by atoms with van der Waals surface area (Å²) in [5, 5.41) is 6.58. The average Bonchev–Trinajstić information content (AvgIpc) is 2.47. The Morgan fingerprint density at radius 2 is 2.14 bits per heavy atom. The molecule has 2 N–H and O–H groups in total. The van der Waals surface area contributed by atoms with Crippen molar-refractivity contribution in [2.45, 2.75) is 32.6 Å². The molecule has 0 bridgehead atoms. The number of carbonyl (C=O) groups is 2. The summed E-state index contributed by atoms with van der Waals surface area (Å²) in [5.74, 6) is 0.436. The minimum atomic E-state index is -0.325. The topological polar surface area (TPSA) is 79.8 Å². The number of ether oxygens (including phenoxy) is 1. The van der Waals surface area contributed by atoms with Crippen molar-refractivity contribution < 1.29 is 14.3 Å². The first-order valence-corrected chi connectivity index (χ1v) is 6.86. The Morgan fingerprint density at radius 1 is 1.38 bits per heavy atom. The lowest BCUT2D eigenvalue weighted by molar-refractivity contribution is -0.121. The van der Waals surface area contributed by atoms with Crippen LogP contribution in [0.2, 0.25) is 0 Å². The van der Waals surface area contributed by atoms with E-state index in [1.165, 1.54) is 0 Å². The molecule has 0 atom stereocenters. The summed E-state index contributed by atoms with van der Waals surface area (Å²) < 4.78 is 5.26. The number of hydrogen-bond donors (Lipinski definition) is 2. The maximum atomic E-state index is 12.2. The van der Waals surface area contributed by atoms with Crippen LogP contribution < -0.4 is 15.5 Å². The molecular formula is C15H19N3O3. The molecule has 1 aliphatic rings. The van der Waals surface area contributed by atoms with Gasteiger partial charge >= 0.3 is 0 Å². The Morgan fingerprint density at radius 3 is 2.71 bits per heavy atom. The summed E-state index contributed by atoms with van der Waals surface area (Å²) in [6, 6.07) is 5.69. The molecule has 112 valence electrons. The molecule has 2 rings (SSSR count). The molecule has 0 fully saturated rings. The van der Waals surface area contributed by atoms with Gasteiger partial charge in [-0.05, 0) is 23.6 Å². The summed E-state index contributed by atoms with van der Waals surface area (Å²) in [4.78, 5) is 23.2. The van der Waals surface area contributed by atoms with E-state index in [9.17, 15) is 9.59 Å². The number of benzene rings is 1. The Balaban J connectivity index is 2.19. The number of methoxy groups -OCH3 is 1. The third-order valence-corrected chi connectivity index (χ3v) is 3.30. The highest BCUT2D eigenvalue weighted by Gasteiger charge is 2.19. The Labute approximate surface area is 123 Å². The molecule has 6 heteroatoms. The van der Waals surface area contributed by atoms with E-state index in [4.69, 9.17) is 4.74 Å². The number of rotatable bonds is 4. The molecule has 21 heavy (non-hydrogen) atoms. The zero-order valence-electron chi connectivity index (χ0n) is 12.4. The van der Waals surface area contributed by atoms with Gasteiger partial charge in [-0.2, -0.15) is 5.10 Å². The van der Waals surface area contributed by atoms with Crippen molar-refractivity contribution in [3.05, 3.63) is 23.8 Å². The summed E-state index contributed by atoms with van der Waals surface area (Å²) >= 11 is 0. The van der Waals surface area contributed by atoms with Gasteiger partial charge in [0.05, 0.1) is 12.8 Å². The second-order valence-electron chi connectivity index (χ2n) is 5.16. The molecule has 0 radical (unpaired) electrons. The molecular weight excluding hydrogens is 270 g/mol. The van der Waals surface area contributed by atoms with Crippen molar-refractivity contribution in [2.75, 3.05) is 12.4 Å². The quantitative estimate of drug-likeness (QED) is 0.890. The van der Waals surface area contributed by atoms with Crippen LogP contribution in [0.1, 0.15) is 38.2 Å². The van der Waals surface area contributed by atoms with Crippen LogP contribution in [0.4, 0.5) is 5.69 Å². The molecule has 2 amide bonds. The van der Waals surface area contributed by atoms with Gasteiger partial charge in [-0.15, -0.1) is 0 Å². The zero-order valence-corrected chi connectivity index (χ0v) is 12.4.